The summed E-state index contributed by atoms with van der Waals surface area (Å²) in [5.41, 5.74) is 1.67. The number of nitrogens with zero attached hydrogens (tertiary/aromatic N) is 5. The molecule has 0 aromatic carbocycles. The van der Waals surface area contributed by atoms with Crippen molar-refractivity contribution < 1.29 is 13.9 Å². The molecule has 10 heteroatoms. The number of hydrogen-bond acceptors (Lipinski definition) is 6. The summed E-state index contributed by atoms with van der Waals surface area (Å²) in [5, 5.41) is 11.5. The first-order chi connectivity index (χ1) is 14.0. The predicted octanol–water partition coefficient (Wildman–Crippen LogP) is 4.23. The summed E-state index contributed by atoms with van der Waals surface area (Å²) in [6.07, 6.45) is 6.22. The molecule has 29 heavy (non-hydrogen) atoms. The van der Waals surface area contributed by atoms with E-state index in [0.29, 0.717) is 11.4 Å². The Hall–Kier alpha value is -2.65. The molecule has 4 heterocycles. The number of aryl methyl sites for hydroxylation is 2. The van der Waals surface area contributed by atoms with E-state index in [9.17, 15) is 4.39 Å². The van der Waals surface area contributed by atoms with Gasteiger partial charge < -0.3 is 14.8 Å². The van der Waals surface area contributed by atoms with Crippen molar-refractivity contribution in [2.75, 3.05) is 19.0 Å². The van der Waals surface area contributed by atoms with Crippen LogP contribution in [-0.4, -0.2) is 38.3 Å². The average Bonchev–Trinajstić information content (AvgIpc) is 3.30. The molecule has 1 aliphatic rings. The fourth-order valence-corrected chi connectivity index (χ4v) is 3.67. The topological polar surface area (TPSA) is 79.0 Å². The van der Waals surface area contributed by atoms with Gasteiger partial charge in [-0.15, -0.1) is 0 Å². The molecule has 1 unspecified atom stereocenters. The smallest absolute Gasteiger partial charge is 0.176 e. The Balaban J connectivity index is 1.71. The molecule has 8 nitrogen and oxygen atoms in total. The highest BCUT2D eigenvalue weighted by Gasteiger charge is 2.24. The van der Waals surface area contributed by atoms with E-state index in [2.05, 4.69) is 20.5 Å². The molecule has 0 radical (unpaired) electrons. The second-order valence-electron chi connectivity index (χ2n) is 6.94. The molecule has 0 spiro atoms. The fraction of sp³-hybridized carbons (Fsp3) is 0.421. The van der Waals surface area contributed by atoms with Crippen molar-refractivity contribution in [3.63, 3.8) is 0 Å². The van der Waals surface area contributed by atoms with Crippen LogP contribution in [0.2, 0.25) is 5.15 Å². The highest BCUT2D eigenvalue weighted by atomic mass is 35.5. The zero-order valence-electron chi connectivity index (χ0n) is 16.4. The first-order valence-corrected chi connectivity index (χ1v) is 9.72. The molecule has 1 fully saturated rings. The quantitative estimate of drug-likeness (QED) is 0.622. The van der Waals surface area contributed by atoms with Gasteiger partial charge in [-0.3, -0.25) is 4.68 Å². The maximum Gasteiger partial charge on any atom is 0.176 e. The van der Waals surface area contributed by atoms with Crippen molar-refractivity contribution >= 4 is 23.2 Å². The molecular formula is C19H22ClFN6O2. The molecule has 1 N–H and O–H groups in total. The number of halogens is 2. The maximum absolute atomic E-state index is 14.8. The zero-order chi connectivity index (χ0) is 20.5. The van der Waals surface area contributed by atoms with Crippen molar-refractivity contribution in [2.45, 2.75) is 32.4 Å². The van der Waals surface area contributed by atoms with Crippen LogP contribution in [0.4, 0.5) is 16.0 Å². The van der Waals surface area contributed by atoms with Crippen LogP contribution in [0.5, 0.6) is 5.75 Å². The zero-order valence-corrected chi connectivity index (χ0v) is 17.2. The van der Waals surface area contributed by atoms with E-state index in [4.69, 9.17) is 21.1 Å². The lowest BCUT2D eigenvalue weighted by molar-refractivity contribution is -0.0404. The highest BCUT2D eigenvalue weighted by molar-refractivity contribution is 6.30. The van der Waals surface area contributed by atoms with Crippen LogP contribution in [0.15, 0.2) is 18.5 Å². The number of pyridine rings is 1. The van der Waals surface area contributed by atoms with Gasteiger partial charge in [0.15, 0.2) is 34.6 Å². The number of methoxy groups -OCH3 is 1. The Morgan fingerprint density at radius 3 is 2.86 bits per heavy atom. The molecule has 4 rings (SSSR count). The van der Waals surface area contributed by atoms with Gasteiger partial charge >= 0.3 is 0 Å². The van der Waals surface area contributed by atoms with Gasteiger partial charge in [0, 0.05) is 37.2 Å². The minimum Gasteiger partial charge on any atom is -0.492 e. The minimum absolute atomic E-state index is 0.0862. The molecule has 1 atom stereocenters. The second-order valence-corrected chi connectivity index (χ2v) is 7.30. The molecule has 0 amide bonds. The third-order valence-electron chi connectivity index (χ3n) is 4.85. The van der Waals surface area contributed by atoms with Gasteiger partial charge in [-0.2, -0.15) is 10.2 Å². The van der Waals surface area contributed by atoms with Crippen LogP contribution in [-0.2, 0) is 11.8 Å². The van der Waals surface area contributed by atoms with Crippen molar-refractivity contribution in [3.8, 4) is 16.9 Å². The van der Waals surface area contributed by atoms with Crippen LogP contribution in [0.3, 0.4) is 0 Å². The van der Waals surface area contributed by atoms with Crippen LogP contribution >= 0.6 is 11.6 Å². The van der Waals surface area contributed by atoms with E-state index in [1.165, 1.54) is 7.11 Å². The monoisotopic (exact) mass is 420 g/mol. The van der Waals surface area contributed by atoms with E-state index >= 15 is 0 Å². The summed E-state index contributed by atoms with van der Waals surface area (Å²) in [6, 6.07) is 1.88. The van der Waals surface area contributed by atoms with Gasteiger partial charge in [0.25, 0.3) is 0 Å². The summed E-state index contributed by atoms with van der Waals surface area (Å²) in [7, 11) is 3.20. The second kappa shape index (κ2) is 8.00. The lowest BCUT2D eigenvalue weighted by Crippen LogP contribution is -2.20. The van der Waals surface area contributed by atoms with Gasteiger partial charge in [0.2, 0.25) is 0 Å². The first kappa shape index (κ1) is 19.7. The number of nitrogens with one attached hydrogen (secondary N) is 1. The predicted molar refractivity (Wildman–Crippen MR) is 107 cm³/mol. The first-order valence-electron chi connectivity index (χ1n) is 9.34. The Kier molecular flexibility index (Phi) is 5.42. The number of rotatable bonds is 5. The normalized spacial score (nSPS) is 16.8. The molecule has 3 aromatic rings. The summed E-state index contributed by atoms with van der Waals surface area (Å²) < 4.78 is 29.5. The lowest BCUT2D eigenvalue weighted by Gasteiger charge is -2.23. The average molecular weight is 421 g/mol. The summed E-state index contributed by atoms with van der Waals surface area (Å²) >= 11 is 6.07. The van der Waals surface area contributed by atoms with E-state index in [0.717, 1.165) is 31.6 Å². The lowest BCUT2D eigenvalue weighted by atomic mass is 10.1. The van der Waals surface area contributed by atoms with E-state index in [1.807, 2.05) is 17.7 Å². The SMILES string of the molecule is COc1c(Nc2cc(C)n(C3CCCCO3)n2)nc(Cl)c(F)c1-c1cnn(C)c1. The van der Waals surface area contributed by atoms with Crippen molar-refractivity contribution in [1.82, 2.24) is 24.5 Å². The molecule has 1 aliphatic heterocycles. The van der Waals surface area contributed by atoms with Crippen LogP contribution < -0.4 is 10.1 Å². The van der Waals surface area contributed by atoms with Crippen molar-refractivity contribution in [1.29, 1.82) is 0 Å². The number of ether oxygens (including phenoxy) is 2. The van der Waals surface area contributed by atoms with Gasteiger partial charge in [0.05, 0.1) is 18.9 Å². The Bertz CT molecular complexity index is 1030. The summed E-state index contributed by atoms with van der Waals surface area (Å²) in [6.45, 7) is 2.68. The van der Waals surface area contributed by atoms with Gasteiger partial charge in [-0.05, 0) is 26.2 Å². The maximum atomic E-state index is 14.8. The van der Waals surface area contributed by atoms with Crippen LogP contribution in [0.1, 0.15) is 31.2 Å². The summed E-state index contributed by atoms with van der Waals surface area (Å²) in [5.74, 6) is 0.370. The summed E-state index contributed by atoms with van der Waals surface area (Å²) in [4.78, 5) is 4.13. The van der Waals surface area contributed by atoms with Crippen LogP contribution in [0.25, 0.3) is 11.1 Å². The number of anilines is 2. The molecule has 0 saturated carbocycles. The third-order valence-corrected chi connectivity index (χ3v) is 5.10. The minimum atomic E-state index is -0.667. The molecule has 0 aliphatic carbocycles. The third kappa shape index (κ3) is 3.79. The fourth-order valence-electron chi connectivity index (χ4n) is 3.49. The van der Waals surface area contributed by atoms with E-state index in [1.54, 1.807) is 24.1 Å². The number of aromatic nitrogens is 5. The molecule has 1 saturated heterocycles. The van der Waals surface area contributed by atoms with Crippen molar-refractivity contribution in [2.24, 2.45) is 7.05 Å². The van der Waals surface area contributed by atoms with Gasteiger partial charge in [0.1, 0.15) is 0 Å². The molecule has 154 valence electrons. The number of hydrogen-bond donors (Lipinski definition) is 1. The molecule has 0 bridgehead atoms. The van der Waals surface area contributed by atoms with Gasteiger partial charge in [-0.1, -0.05) is 11.6 Å². The van der Waals surface area contributed by atoms with E-state index in [-0.39, 0.29) is 28.5 Å². The Morgan fingerprint density at radius 1 is 1.38 bits per heavy atom. The van der Waals surface area contributed by atoms with Crippen LogP contribution in [0, 0.1) is 12.7 Å². The highest BCUT2D eigenvalue weighted by Crippen LogP contribution is 2.41. The molecule has 3 aromatic heterocycles. The van der Waals surface area contributed by atoms with Gasteiger partial charge in [-0.25, -0.2) is 14.1 Å². The Labute approximate surface area is 172 Å². The largest absolute Gasteiger partial charge is 0.492 e. The molecular weight excluding hydrogens is 399 g/mol. The standard InChI is InChI=1S/C19H22ClFN6O2/c1-11-8-13(25-27(11)14-6-4-5-7-29-14)23-19-17(28-3)15(16(21)18(20)24-19)12-9-22-26(2)10-12/h8-10,14H,4-7H2,1-3H3,(H,23,24,25). The van der Waals surface area contributed by atoms with Crippen molar-refractivity contribution in [3.05, 3.63) is 35.1 Å². The Morgan fingerprint density at radius 2 is 2.21 bits per heavy atom. The van der Waals surface area contributed by atoms with E-state index < -0.39 is 5.82 Å².